The maximum absolute atomic E-state index is 11.3. The molecule has 3 nitrogen and oxygen atoms in total. The van der Waals surface area contributed by atoms with E-state index in [1.807, 2.05) is 0 Å². The van der Waals surface area contributed by atoms with Crippen molar-refractivity contribution in [1.29, 1.82) is 0 Å². The molecular formula is C9H17NO2. The molecule has 0 bridgehead atoms. The van der Waals surface area contributed by atoms with Gasteiger partial charge < -0.3 is 10.4 Å². The summed E-state index contributed by atoms with van der Waals surface area (Å²) in [5.41, 5.74) is 0. The molecule has 1 unspecified atom stereocenters. The molecule has 0 aromatic carbocycles. The standard InChI is InChI=1S/C9H17NO2/c1-7(11)6-10-9(12)8-4-2-3-5-8/h7-8,11H,2-6H2,1H3,(H,10,12). The van der Waals surface area contributed by atoms with Crippen molar-refractivity contribution < 1.29 is 9.90 Å². The summed E-state index contributed by atoms with van der Waals surface area (Å²) in [5, 5.41) is 11.7. The molecule has 1 aliphatic rings. The minimum Gasteiger partial charge on any atom is -0.392 e. The predicted octanol–water partition coefficient (Wildman–Crippen LogP) is 0.674. The van der Waals surface area contributed by atoms with Crippen LogP contribution in [-0.2, 0) is 4.79 Å². The van der Waals surface area contributed by atoms with Crippen LogP contribution in [0.1, 0.15) is 32.6 Å². The van der Waals surface area contributed by atoms with E-state index in [1.165, 1.54) is 12.8 Å². The second-order valence-corrected chi connectivity index (χ2v) is 3.58. The Morgan fingerprint density at radius 3 is 2.67 bits per heavy atom. The van der Waals surface area contributed by atoms with Crippen LogP contribution < -0.4 is 5.32 Å². The third-order valence-electron chi connectivity index (χ3n) is 2.30. The van der Waals surface area contributed by atoms with Crippen LogP contribution in [0.15, 0.2) is 0 Å². The van der Waals surface area contributed by atoms with Crippen LogP contribution in [0.5, 0.6) is 0 Å². The van der Waals surface area contributed by atoms with Crippen LogP contribution in [0.2, 0.25) is 0 Å². The van der Waals surface area contributed by atoms with E-state index in [4.69, 9.17) is 5.11 Å². The molecular weight excluding hydrogens is 154 g/mol. The zero-order valence-electron chi connectivity index (χ0n) is 7.55. The van der Waals surface area contributed by atoms with Crippen molar-refractivity contribution in [1.82, 2.24) is 5.32 Å². The summed E-state index contributed by atoms with van der Waals surface area (Å²) in [6.45, 7) is 2.06. The van der Waals surface area contributed by atoms with Crippen molar-refractivity contribution in [3.8, 4) is 0 Å². The Kier molecular flexibility index (Phi) is 3.53. The van der Waals surface area contributed by atoms with E-state index in [9.17, 15) is 4.79 Å². The largest absolute Gasteiger partial charge is 0.392 e. The quantitative estimate of drug-likeness (QED) is 0.656. The molecule has 0 aromatic heterocycles. The van der Waals surface area contributed by atoms with Crippen LogP contribution >= 0.6 is 0 Å². The Labute approximate surface area is 73.2 Å². The fourth-order valence-electron chi connectivity index (χ4n) is 1.58. The van der Waals surface area contributed by atoms with Gasteiger partial charge in [0.25, 0.3) is 0 Å². The van der Waals surface area contributed by atoms with Crippen LogP contribution in [0.25, 0.3) is 0 Å². The van der Waals surface area contributed by atoms with Crippen molar-refractivity contribution in [2.75, 3.05) is 6.54 Å². The molecule has 3 heteroatoms. The highest BCUT2D eigenvalue weighted by atomic mass is 16.3. The number of carbonyl (C=O) groups is 1. The maximum Gasteiger partial charge on any atom is 0.223 e. The first-order valence-electron chi connectivity index (χ1n) is 4.66. The van der Waals surface area contributed by atoms with Gasteiger partial charge in [0.2, 0.25) is 5.91 Å². The SMILES string of the molecule is CC(O)CNC(=O)C1CCCC1. The second kappa shape index (κ2) is 4.45. The topological polar surface area (TPSA) is 49.3 Å². The summed E-state index contributed by atoms with van der Waals surface area (Å²) < 4.78 is 0. The number of rotatable bonds is 3. The molecule has 12 heavy (non-hydrogen) atoms. The van der Waals surface area contributed by atoms with Gasteiger partial charge in [0.1, 0.15) is 0 Å². The number of hydrogen-bond donors (Lipinski definition) is 2. The number of amides is 1. The normalized spacial score (nSPS) is 20.8. The van der Waals surface area contributed by atoms with E-state index in [-0.39, 0.29) is 11.8 Å². The number of carbonyl (C=O) groups excluding carboxylic acids is 1. The van der Waals surface area contributed by atoms with Gasteiger partial charge in [-0.2, -0.15) is 0 Å². The van der Waals surface area contributed by atoms with Gasteiger partial charge in [0.15, 0.2) is 0 Å². The molecule has 1 fully saturated rings. The maximum atomic E-state index is 11.3. The number of hydrogen-bond acceptors (Lipinski definition) is 2. The molecule has 0 spiro atoms. The minimum absolute atomic E-state index is 0.119. The molecule has 1 aliphatic carbocycles. The van der Waals surface area contributed by atoms with E-state index in [0.717, 1.165) is 12.8 Å². The van der Waals surface area contributed by atoms with Gasteiger partial charge in [-0.15, -0.1) is 0 Å². The van der Waals surface area contributed by atoms with Crippen LogP contribution in [0.4, 0.5) is 0 Å². The number of aliphatic hydroxyl groups is 1. The van der Waals surface area contributed by atoms with Gasteiger partial charge >= 0.3 is 0 Å². The number of aliphatic hydroxyl groups excluding tert-OH is 1. The third kappa shape index (κ3) is 2.81. The molecule has 0 heterocycles. The lowest BCUT2D eigenvalue weighted by atomic mass is 10.1. The summed E-state index contributed by atoms with van der Waals surface area (Å²) in [6, 6.07) is 0. The molecule has 1 atom stereocenters. The molecule has 0 radical (unpaired) electrons. The molecule has 1 rings (SSSR count). The summed E-state index contributed by atoms with van der Waals surface area (Å²) >= 11 is 0. The Hall–Kier alpha value is -0.570. The van der Waals surface area contributed by atoms with Crippen LogP contribution in [0, 0.1) is 5.92 Å². The Morgan fingerprint density at radius 1 is 1.58 bits per heavy atom. The van der Waals surface area contributed by atoms with Gasteiger partial charge in [-0.1, -0.05) is 12.8 Å². The molecule has 0 saturated heterocycles. The van der Waals surface area contributed by atoms with Crippen LogP contribution in [0.3, 0.4) is 0 Å². The molecule has 0 aliphatic heterocycles. The highest BCUT2D eigenvalue weighted by Gasteiger charge is 2.22. The van der Waals surface area contributed by atoms with Gasteiger partial charge in [-0.25, -0.2) is 0 Å². The molecule has 0 aromatic rings. The average Bonchev–Trinajstić information content (AvgIpc) is 2.51. The van der Waals surface area contributed by atoms with E-state index in [2.05, 4.69) is 5.32 Å². The van der Waals surface area contributed by atoms with Crippen molar-refractivity contribution in [2.24, 2.45) is 5.92 Å². The Balaban J connectivity index is 2.18. The van der Waals surface area contributed by atoms with Gasteiger partial charge in [-0.3, -0.25) is 4.79 Å². The van der Waals surface area contributed by atoms with Crippen LogP contribution in [-0.4, -0.2) is 23.7 Å². The zero-order valence-corrected chi connectivity index (χ0v) is 7.55. The summed E-state index contributed by atoms with van der Waals surface area (Å²) in [4.78, 5) is 11.3. The van der Waals surface area contributed by atoms with Gasteiger partial charge in [-0.05, 0) is 19.8 Å². The fourth-order valence-corrected chi connectivity index (χ4v) is 1.58. The summed E-state index contributed by atoms with van der Waals surface area (Å²) in [6.07, 6.45) is 3.95. The summed E-state index contributed by atoms with van der Waals surface area (Å²) in [7, 11) is 0. The highest BCUT2D eigenvalue weighted by Crippen LogP contribution is 2.24. The van der Waals surface area contributed by atoms with Gasteiger partial charge in [0.05, 0.1) is 6.10 Å². The lowest BCUT2D eigenvalue weighted by Crippen LogP contribution is -2.34. The van der Waals surface area contributed by atoms with Crippen molar-refractivity contribution in [3.63, 3.8) is 0 Å². The fraction of sp³-hybridized carbons (Fsp3) is 0.889. The average molecular weight is 171 g/mol. The first-order valence-corrected chi connectivity index (χ1v) is 4.66. The molecule has 70 valence electrons. The Morgan fingerprint density at radius 2 is 2.17 bits per heavy atom. The first-order chi connectivity index (χ1) is 5.70. The smallest absolute Gasteiger partial charge is 0.223 e. The third-order valence-corrected chi connectivity index (χ3v) is 2.30. The number of nitrogens with one attached hydrogen (secondary N) is 1. The highest BCUT2D eigenvalue weighted by molar-refractivity contribution is 5.78. The molecule has 1 amide bonds. The zero-order chi connectivity index (χ0) is 8.97. The van der Waals surface area contributed by atoms with E-state index >= 15 is 0 Å². The minimum atomic E-state index is -0.435. The predicted molar refractivity (Wildman–Crippen MR) is 46.6 cm³/mol. The van der Waals surface area contributed by atoms with Crippen molar-refractivity contribution in [3.05, 3.63) is 0 Å². The lowest BCUT2D eigenvalue weighted by Gasteiger charge is -2.11. The lowest BCUT2D eigenvalue weighted by molar-refractivity contribution is -0.125. The van der Waals surface area contributed by atoms with E-state index < -0.39 is 6.10 Å². The Bertz CT molecular complexity index is 151. The van der Waals surface area contributed by atoms with Gasteiger partial charge in [0, 0.05) is 12.5 Å². The van der Waals surface area contributed by atoms with Crippen molar-refractivity contribution in [2.45, 2.75) is 38.7 Å². The summed E-state index contributed by atoms with van der Waals surface area (Å²) in [5.74, 6) is 0.331. The molecule has 2 N–H and O–H groups in total. The van der Waals surface area contributed by atoms with Crippen molar-refractivity contribution >= 4 is 5.91 Å². The van der Waals surface area contributed by atoms with E-state index in [1.54, 1.807) is 6.92 Å². The molecule has 1 saturated carbocycles. The first kappa shape index (κ1) is 9.52. The monoisotopic (exact) mass is 171 g/mol. The second-order valence-electron chi connectivity index (χ2n) is 3.58. The van der Waals surface area contributed by atoms with E-state index in [0.29, 0.717) is 6.54 Å².